The third kappa shape index (κ3) is 5.68. The number of hydrogen-bond donors (Lipinski definition) is 1. The zero-order valence-corrected chi connectivity index (χ0v) is 20.3. The third-order valence-corrected chi connectivity index (χ3v) is 4.82. The van der Waals surface area contributed by atoms with Crippen molar-refractivity contribution in [2.45, 2.75) is 34.1 Å². The molecular formula is C25H32ClNO5. The van der Waals surface area contributed by atoms with Gasteiger partial charge in [0.25, 0.3) is 0 Å². The Kier molecular flexibility index (Phi) is 8.44. The summed E-state index contributed by atoms with van der Waals surface area (Å²) in [5.74, 6) is 2.40. The predicted octanol–water partition coefficient (Wildman–Crippen LogP) is 5.79. The van der Waals surface area contributed by atoms with E-state index < -0.39 is 0 Å². The van der Waals surface area contributed by atoms with Gasteiger partial charge >= 0.3 is 0 Å². The van der Waals surface area contributed by atoms with E-state index in [0.717, 1.165) is 16.5 Å². The normalized spacial score (nSPS) is 11.1. The Balaban J connectivity index is 0.00000363. The summed E-state index contributed by atoms with van der Waals surface area (Å²) in [6.45, 7) is 9.23. The van der Waals surface area contributed by atoms with E-state index in [4.69, 9.17) is 18.9 Å². The quantitative estimate of drug-likeness (QED) is 0.457. The highest BCUT2D eigenvalue weighted by Gasteiger charge is 2.19. The maximum atomic E-state index is 10.6. The lowest BCUT2D eigenvalue weighted by Crippen LogP contribution is -2.17. The van der Waals surface area contributed by atoms with Crippen LogP contribution >= 0.6 is 12.4 Å². The van der Waals surface area contributed by atoms with E-state index in [2.05, 4.69) is 25.8 Å². The molecule has 3 rings (SSSR count). The Morgan fingerprint density at radius 1 is 0.906 bits per heavy atom. The first-order valence-corrected chi connectivity index (χ1v) is 10.4. The number of methoxy groups -OCH3 is 2. The van der Waals surface area contributed by atoms with Crippen LogP contribution in [0.5, 0.6) is 28.7 Å². The highest BCUT2D eigenvalue weighted by Crippen LogP contribution is 2.41. The molecule has 0 atom stereocenters. The number of pyridine rings is 1. The second kappa shape index (κ2) is 10.6. The van der Waals surface area contributed by atoms with Gasteiger partial charge in [0.05, 0.1) is 27.4 Å². The van der Waals surface area contributed by atoms with Crippen LogP contribution in [0.4, 0.5) is 0 Å². The lowest BCUT2D eigenvalue weighted by Gasteiger charge is -2.22. The average Bonchev–Trinajstić information content (AvgIpc) is 2.74. The van der Waals surface area contributed by atoms with Gasteiger partial charge in [0.15, 0.2) is 23.0 Å². The fourth-order valence-electron chi connectivity index (χ4n) is 3.37. The van der Waals surface area contributed by atoms with Gasteiger partial charge in [-0.3, -0.25) is 4.98 Å². The molecule has 0 aliphatic rings. The van der Waals surface area contributed by atoms with Crippen LogP contribution in [0.2, 0.25) is 0 Å². The number of fused-ring (bicyclic) bond motifs is 1. The van der Waals surface area contributed by atoms with E-state index in [1.807, 2.05) is 31.3 Å². The molecule has 0 saturated carbocycles. The minimum absolute atomic E-state index is 0. The lowest BCUT2D eigenvalue weighted by atomic mass is 9.98. The maximum absolute atomic E-state index is 10.6. The third-order valence-electron chi connectivity index (χ3n) is 4.82. The van der Waals surface area contributed by atoms with Crippen LogP contribution in [0.3, 0.4) is 0 Å². The molecule has 174 valence electrons. The molecule has 0 spiro atoms. The summed E-state index contributed by atoms with van der Waals surface area (Å²) >= 11 is 0. The minimum atomic E-state index is 0. The molecular weight excluding hydrogens is 430 g/mol. The van der Waals surface area contributed by atoms with E-state index in [0.29, 0.717) is 48.0 Å². The summed E-state index contributed by atoms with van der Waals surface area (Å²) in [6, 6.07) is 7.64. The first-order valence-electron chi connectivity index (χ1n) is 10.4. The van der Waals surface area contributed by atoms with Crippen LogP contribution in [0.15, 0.2) is 36.7 Å². The fraction of sp³-hybridized carbons (Fsp3) is 0.400. The second-order valence-electron chi connectivity index (χ2n) is 8.59. The van der Waals surface area contributed by atoms with Crippen LogP contribution in [-0.2, 0) is 6.42 Å². The second-order valence-corrected chi connectivity index (χ2v) is 8.59. The first-order chi connectivity index (χ1) is 14.8. The topological polar surface area (TPSA) is 70.0 Å². The van der Waals surface area contributed by atoms with Crippen molar-refractivity contribution >= 4 is 23.2 Å². The molecule has 3 aromatic rings. The van der Waals surface area contributed by atoms with Gasteiger partial charge in [-0.2, -0.15) is 0 Å². The number of aromatic hydroxyl groups is 1. The zero-order chi connectivity index (χ0) is 22.6. The van der Waals surface area contributed by atoms with Gasteiger partial charge in [0.2, 0.25) is 5.75 Å². The fourth-order valence-corrected chi connectivity index (χ4v) is 3.37. The summed E-state index contributed by atoms with van der Waals surface area (Å²) in [7, 11) is 3.24. The van der Waals surface area contributed by atoms with Gasteiger partial charge in [-0.05, 0) is 53.5 Å². The van der Waals surface area contributed by atoms with Crippen molar-refractivity contribution < 1.29 is 24.1 Å². The number of hydrogen-bond acceptors (Lipinski definition) is 6. The molecule has 0 aliphatic heterocycles. The monoisotopic (exact) mass is 461 g/mol. The molecule has 0 fully saturated rings. The molecule has 7 heteroatoms. The summed E-state index contributed by atoms with van der Waals surface area (Å²) < 4.78 is 22.7. The molecule has 0 unspecified atom stereocenters. The van der Waals surface area contributed by atoms with Gasteiger partial charge in [-0.1, -0.05) is 26.8 Å². The number of phenols is 1. The van der Waals surface area contributed by atoms with Crippen molar-refractivity contribution in [3.63, 3.8) is 0 Å². The smallest absolute Gasteiger partial charge is 0.203 e. The van der Waals surface area contributed by atoms with Gasteiger partial charge in [0, 0.05) is 17.8 Å². The highest BCUT2D eigenvalue weighted by molar-refractivity contribution is 5.92. The molecule has 2 aromatic carbocycles. The number of aromatic nitrogens is 1. The van der Waals surface area contributed by atoms with Crippen molar-refractivity contribution in [3.05, 3.63) is 47.8 Å². The molecule has 32 heavy (non-hydrogen) atoms. The number of phenolic OH excluding ortho intramolecular Hbond substituents is 1. The van der Waals surface area contributed by atoms with Crippen LogP contribution in [0.25, 0.3) is 10.8 Å². The molecule has 1 heterocycles. The van der Waals surface area contributed by atoms with Crippen molar-refractivity contribution in [3.8, 4) is 28.7 Å². The van der Waals surface area contributed by atoms with E-state index in [1.165, 1.54) is 0 Å². The largest absolute Gasteiger partial charge is 0.504 e. The lowest BCUT2D eigenvalue weighted by molar-refractivity contribution is 0.184. The Labute approximate surface area is 195 Å². The standard InChI is InChI=1S/C25H31NO5.ClH/c1-7-30-20-9-8-18-17(13-26-14-19(18)23(20)27)10-16-11-21(28-5)24(22(12-16)29-6)31-15-25(2,3)4;/h8-9,11-14,27H,7,10,15H2,1-6H3;1H. The molecule has 0 bridgehead atoms. The van der Waals surface area contributed by atoms with Gasteiger partial charge in [0.1, 0.15) is 0 Å². The summed E-state index contributed by atoms with van der Waals surface area (Å²) in [5, 5.41) is 12.2. The van der Waals surface area contributed by atoms with E-state index >= 15 is 0 Å². The number of nitrogens with zero attached hydrogens (tertiary/aromatic N) is 1. The molecule has 0 amide bonds. The molecule has 1 N–H and O–H groups in total. The Hall–Kier alpha value is -2.86. The predicted molar refractivity (Wildman–Crippen MR) is 129 cm³/mol. The number of benzene rings is 2. The van der Waals surface area contributed by atoms with E-state index in [-0.39, 0.29) is 23.6 Å². The summed E-state index contributed by atoms with van der Waals surface area (Å²) in [5.41, 5.74) is 1.97. The Morgan fingerprint density at radius 3 is 2.12 bits per heavy atom. The first kappa shape index (κ1) is 25.4. The summed E-state index contributed by atoms with van der Waals surface area (Å²) in [4.78, 5) is 4.33. The van der Waals surface area contributed by atoms with Crippen LogP contribution in [-0.4, -0.2) is 37.5 Å². The van der Waals surface area contributed by atoms with Crippen LogP contribution < -0.4 is 18.9 Å². The Morgan fingerprint density at radius 2 is 1.56 bits per heavy atom. The Bertz CT molecular complexity index is 1040. The number of rotatable bonds is 8. The number of ether oxygens (including phenoxy) is 4. The SMILES string of the molecule is CCOc1ccc2c(Cc3cc(OC)c(OCC(C)(C)C)c(OC)c3)cncc2c1O.Cl. The molecule has 6 nitrogen and oxygen atoms in total. The van der Waals surface area contributed by atoms with Crippen LogP contribution in [0, 0.1) is 5.41 Å². The molecule has 0 aliphatic carbocycles. The van der Waals surface area contributed by atoms with E-state index in [9.17, 15) is 5.11 Å². The minimum Gasteiger partial charge on any atom is -0.504 e. The molecule has 0 radical (unpaired) electrons. The molecule has 1 aromatic heterocycles. The van der Waals surface area contributed by atoms with Crippen molar-refractivity contribution in [1.82, 2.24) is 4.98 Å². The van der Waals surface area contributed by atoms with Crippen molar-refractivity contribution in [1.29, 1.82) is 0 Å². The highest BCUT2D eigenvalue weighted by atomic mass is 35.5. The number of halogens is 1. The van der Waals surface area contributed by atoms with Gasteiger partial charge < -0.3 is 24.1 Å². The van der Waals surface area contributed by atoms with E-state index in [1.54, 1.807) is 26.5 Å². The summed E-state index contributed by atoms with van der Waals surface area (Å²) in [6.07, 6.45) is 4.05. The molecule has 0 saturated heterocycles. The van der Waals surface area contributed by atoms with Gasteiger partial charge in [-0.25, -0.2) is 0 Å². The maximum Gasteiger partial charge on any atom is 0.203 e. The van der Waals surface area contributed by atoms with Crippen LogP contribution in [0.1, 0.15) is 38.8 Å². The van der Waals surface area contributed by atoms with Gasteiger partial charge in [-0.15, -0.1) is 12.4 Å². The zero-order valence-electron chi connectivity index (χ0n) is 19.5. The van der Waals surface area contributed by atoms with Crippen molar-refractivity contribution in [2.24, 2.45) is 5.41 Å². The average molecular weight is 462 g/mol. The van der Waals surface area contributed by atoms with Crippen molar-refractivity contribution in [2.75, 3.05) is 27.4 Å².